The summed E-state index contributed by atoms with van der Waals surface area (Å²) in [7, 11) is 0. The van der Waals surface area contributed by atoms with Gasteiger partial charge in [-0.2, -0.15) is 5.10 Å². The first kappa shape index (κ1) is 14.6. The number of Topliss-reactive ketones (excluding diaryl/α,β-unsaturated/α-hetero) is 1. The maximum absolute atomic E-state index is 13.5. The zero-order chi connectivity index (χ0) is 16.9. The summed E-state index contributed by atoms with van der Waals surface area (Å²) < 4.78 is 15.0. The first-order valence-corrected chi connectivity index (χ1v) is 7.51. The van der Waals surface area contributed by atoms with Crippen molar-refractivity contribution in [3.05, 3.63) is 58.0 Å². The SMILES string of the molecule is CC(=O)c1cnn2ccc(NC3(c4cc(F)c[nH]c4=O)CC3)nc12. The summed E-state index contributed by atoms with van der Waals surface area (Å²) in [4.78, 5) is 30.5. The van der Waals surface area contributed by atoms with Crippen LogP contribution in [0.3, 0.4) is 0 Å². The van der Waals surface area contributed by atoms with Gasteiger partial charge in [0.1, 0.15) is 11.6 Å². The molecule has 3 aromatic rings. The molecule has 0 unspecified atom stereocenters. The number of ketones is 1. The lowest BCUT2D eigenvalue weighted by Gasteiger charge is -2.17. The predicted molar refractivity (Wildman–Crippen MR) is 84.5 cm³/mol. The second kappa shape index (κ2) is 4.98. The van der Waals surface area contributed by atoms with E-state index in [1.54, 1.807) is 12.3 Å². The van der Waals surface area contributed by atoms with Gasteiger partial charge in [-0.25, -0.2) is 13.9 Å². The second-order valence-electron chi connectivity index (χ2n) is 5.96. The molecule has 0 bridgehead atoms. The number of anilines is 1. The van der Waals surface area contributed by atoms with Gasteiger partial charge in [0, 0.05) is 18.0 Å². The van der Waals surface area contributed by atoms with E-state index in [9.17, 15) is 14.0 Å². The molecule has 0 spiro atoms. The molecule has 7 nitrogen and oxygen atoms in total. The summed E-state index contributed by atoms with van der Waals surface area (Å²) in [6.45, 7) is 1.45. The Labute approximate surface area is 135 Å². The minimum atomic E-state index is -0.628. The number of hydrogen-bond donors (Lipinski definition) is 2. The number of aromatic nitrogens is 4. The van der Waals surface area contributed by atoms with E-state index in [1.165, 1.54) is 23.7 Å². The lowest BCUT2D eigenvalue weighted by Crippen LogP contribution is -2.28. The van der Waals surface area contributed by atoms with Crippen molar-refractivity contribution in [3.8, 4) is 0 Å². The molecule has 2 N–H and O–H groups in total. The molecule has 0 aliphatic heterocycles. The fourth-order valence-corrected chi connectivity index (χ4v) is 2.83. The minimum absolute atomic E-state index is 0.127. The average Bonchev–Trinajstić information content (AvgIpc) is 3.19. The zero-order valence-corrected chi connectivity index (χ0v) is 12.8. The zero-order valence-electron chi connectivity index (χ0n) is 12.8. The largest absolute Gasteiger partial charge is 0.360 e. The standard InChI is InChI=1S/C16H14FN5O2/c1-9(23)11-8-19-22-5-2-13(20-14(11)22)21-16(3-4-16)12-6-10(17)7-18-15(12)24/h2,5-8H,3-4H2,1H3,(H,18,24)(H,20,21). The predicted octanol–water partition coefficient (Wildman–Crippen LogP) is 1.86. The molecular formula is C16H14FN5O2. The molecule has 1 fully saturated rings. The molecule has 1 aliphatic carbocycles. The van der Waals surface area contributed by atoms with Gasteiger partial charge < -0.3 is 10.3 Å². The highest BCUT2D eigenvalue weighted by molar-refractivity contribution is 5.99. The van der Waals surface area contributed by atoms with E-state index in [0.717, 1.165) is 6.20 Å². The number of pyridine rings is 1. The van der Waals surface area contributed by atoms with Gasteiger partial charge in [0.15, 0.2) is 11.4 Å². The number of carbonyl (C=O) groups excluding carboxylic acids is 1. The molecule has 4 rings (SSSR count). The van der Waals surface area contributed by atoms with Gasteiger partial charge in [0.25, 0.3) is 5.56 Å². The Morgan fingerprint density at radius 2 is 2.25 bits per heavy atom. The van der Waals surface area contributed by atoms with E-state index in [-0.39, 0.29) is 11.3 Å². The number of aromatic amines is 1. The van der Waals surface area contributed by atoms with Crippen molar-refractivity contribution in [2.24, 2.45) is 0 Å². The summed E-state index contributed by atoms with van der Waals surface area (Å²) in [5, 5.41) is 7.29. The van der Waals surface area contributed by atoms with Gasteiger partial charge in [-0.3, -0.25) is 9.59 Å². The molecule has 0 radical (unpaired) electrons. The monoisotopic (exact) mass is 327 g/mol. The minimum Gasteiger partial charge on any atom is -0.360 e. The summed E-state index contributed by atoms with van der Waals surface area (Å²) >= 11 is 0. The molecule has 1 saturated carbocycles. The van der Waals surface area contributed by atoms with Crippen LogP contribution in [0.2, 0.25) is 0 Å². The molecule has 0 atom stereocenters. The van der Waals surface area contributed by atoms with Crippen LogP contribution in [0.1, 0.15) is 35.7 Å². The van der Waals surface area contributed by atoms with Crippen LogP contribution < -0.4 is 10.9 Å². The average molecular weight is 327 g/mol. The Morgan fingerprint density at radius 1 is 1.46 bits per heavy atom. The molecule has 3 aromatic heterocycles. The van der Waals surface area contributed by atoms with Gasteiger partial charge in [-0.15, -0.1) is 0 Å². The van der Waals surface area contributed by atoms with Crippen molar-refractivity contribution >= 4 is 17.2 Å². The number of H-pyrrole nitrogens is 1. The van der Waals surface area contributed by atoms with Crippen molar-refractivity contribution in [3.63, 3.8) is 0 Å². The van der Waals surface area contributed by atoms with Crippen molar-refractivity contribution in [2.75, 3.05) is 5.32 Å². The van der Waals surface area contributed by atoms with Crippen LogP contribution >= 0.6 is 0 Å². The van der Waals surface area contributed by atoms with Crippen LogP contribution in [0.5, 0.6) is 0 Å². The van der Waals surface area contributed by atoms with E-state index in [0.29, 0.717) is 35.4 Å². The molecule has 1 aliphatic rings. The fourth-order valence-electron chi connectivity index (χ4n) is 2.83. The van der Waals surface area contributed by atoms with Crippen LogP contribution in [0.4, 0.5) is 10.2 Å². The molecule has 3 heterocycles. The second-order valence-corrected chi connectivity index (χ2v) is 5.96. The quantitative estimate of drug-likeness (QED) is 0.714. The van der Waals surface area contributed by atoms with Crippen molar-refractivity contribution in [2.45, 2.75) is 25.3 Å². The van der Waals surface area contributed by atoms with Crippen LogP contribution in [-0.2, 0) is 5.54 Å². The molecule has 0 saturated heterocycles. The van der Waals surface area contributed by atoms with Crippen LogP contribution in [0.15, 0.2) is 35.5 Å². The number of rotatable bonds is 4. The van der Waals surface area contributed by atoms with E-state index >= 15 is 0 Å². The smallest absolute Gasteiger partial charge is 0.253 e. The normalized spacial score (nSPS) is 15.4. The highest BCUT2D eigenvalue weighted by atomic mass is 19.1. The van der Waals surface area contributed by atoms with E-state index in [1.807, 2.05) is 0 Å². The Morgan fingerprint density at radius 3 is 2.96 bits per heavy atom. The number of halogens is 1. The topological polar surface area (TPSA) is 92.2 Å². The third-order valence-electron chi connectivity index (χ3n) is 4.25. The summed E-state index contributed by atoms with van der Waals surface area (Å²) in [6, 6.07) is 2.95. The van der Waals surface area contributed by atoms with E-state index in [4.69, 9.17) is 0 Å². The Bertz CT molecular complexity index is 1020. The number of carbonyl (C=O) groups is 1. The molecule has 0 aromatic carbocycles. The highest BCUT2D eigenvalue weighted by Crippen LogP contribution is 2.46. The van der Waals surface area contributed by atoms with Crippen molar-refractivity contribution in [1.82, 2.24) is 19.6 Å². The van der Waals surface area contributed by atoms with Gasteiger partial charge >= 0.3 is 0 Å². The summed E-state index contributed by atoms with van der Waals surface area (Å²) in [5.74, 6) is -0.111. The summed E-state index contributed by atoms with van der Waals surface area (Å²) in [5.41, 5.74) is 0.265. The Hall–Kier alpha value is -3.03. The fraction of sp³-hybridized carbons (Fsp3) is 0.250. The van der Waals surface area contributed by atoms with Gasteiger partial charge in [-0.1, -0.05) is 0 Å². The Balaban J connectivity index is 1.74. The third-order valence-corrected chi connectivity index (χ3v) is 4.25. The van der Waals surface area contributed by atoms with Crippen LogP contribution in [-0.4, -0.2) is 25.4 Å². The number of hydrogen-bond acceptors (Lipinski definition) is 5. The molecule has 122 valence electrons. The molecule has 24 heavy (non-hydrogen) atoms. The molecule has 0 amide bonds. The van der Waals surface area contributed by atoms with Gasteiger partial charge in [0.2, 0.25) is 0 Å². The number of nitrogens with one attached hydrogen (secondary N) is 2. The first-order chi connectivity index (χ1) is 11.5. The molecular weight excluding hydrogens is 313 g/mol. The lowest BCUT2D eigenvalue weighted by molar-refractivity contribution is 0.101. The van der Waals surface area contributed by atoms with Crippen molar-refractivity contribution < 1.29 is 9.18 Å². The van der Waals surface area contributed by atoms with E-state index in [2.05, 4.69) is 20.4 Å². The van der Waals surface area contributed by atoms with E-state index < -0.39 is 11.4 Å². The van der Waals surface area contributed by atoms with Gasteiger partial charge in [0.05, 0.1) is 17.3 Å². The highest BCUT2D eigenvalue weighted by Gasteiger charge is 2.46. The maximum Gasteiger partial charge on any atom is 0.253 e. The first-order valence-electron chi connectivity index (χ1n) is 7.51. The Kier molecular flexibility index (Phi) is 3.02. The lowest BCUT2D eigenvalue weighted by atomic mass is 10.1. The maximum atomic E-state index is 13.5. The number of nitrogens with zero attached hydrogens (tertiary/aromatic N) is 3. The molecule has 8 heteroatoms. The summed E-state index contributed by atoms with van der Waals surface area (Å²) in [6.07, 6.45) is 5.59. The number of fused-ring (bicyclic) bond motifs is 1. The van der Waals surface area contributed by atoms with Crippen molar-refractivity contribution in [1.29, 1.82) is 0 Å². The van der Waals surface area contributed by atoms with Gasteiger partial charge in [-0.05, 0) is 31.9 Å². The van der Waals surface area contributed by atoms with Crippen LogP contribution in [0.25, 0.3) is 5.65 Å². The third kappa shape index (κ3) is 2.27. The van der Waals surface area contributed by atoms with Crippen LogP contribution in [0, 0.1) is 5.82 Å².